The molecule has 0 radical (unpaired) electrons. The normalized spacial score (nSPS) is 10.9. The molecule has 0 aliphatic heterocycles. The average Bonchev–Trinajstić information content (AvgIpc) is 2.95. The summed E-state index contributed by atoms with van der Waals surface area (Å²) in [4.78, 5) is 28.9. The van der Waals surface area contributed by atoms with E-state index in [4.69, 9.17) is 18.9 Å². The van der Waals surface area contributed by atoms with Gasteiger partial charge in [-0.25, -0.2) is 9.59 Å². The fourth-order valence-electron chi connectivity index (χ4n) is 3.45. The van der Waals surface area contributed by atoms with Crippen LogP contribution in [-0.4, -0.2) is 44.6 Å². The zero-order chi connectivity index (χ0) is 27.0. The lowest BCUT2D eigenvalue weighted by Crippen LogP contribution is -2.10. The second kappa shape index (κ2) is 16.0. The average molecular weight is 518 g/mol. The first-order chi connectivity index (χ1) is 18.6. The van der Waals surface area contributed by atoms with E-state index in [2.05, 4.69) is 11.9 Å². The minimum atomic E-state index is -0.433. The Balaban J connectivity index is 1.46. The van der Waals surface area contributed by atoms with Crippen molar-refractivity contribution < 1.29 is 28.5 Å². The fraction of sp³-hybridized carbons (Fsp3) is 0.323. The molecule has 0 saturated heterocycles. The lowest BCUT2D eigenvalue weighted by atomic mass is 10.2. The maximum absolute atomic E-state index is 12.5. The van der Waals surface area contributed by atoms with Gasteiger partial charge in [-0.3, -0.25) is 4.99 Å². The van der Waals surface area contributed by atoms with E-state index >= 15 is 0 Å². The van der Waals surface area contributed by atoms with Crippen molar-refractivity contribution in [3.05, 3.63) is 89.5 Å². The number of aliphatic imine (C=N–C) groups is 1. The molecular weight excluding hydrogens is 482 g/mol. The van der Waals surface area contributed by atoms with Gasteiger partial charge in [0.2, 0.25) is 0 Å². The van der Waals surface area contributed by atoms with E-state index in [9.17, 15) is 9.59 Å². The number of carbonyl (C=O) groups is 2. The predicted octanol–water partition coefficient (Wildman–Crippen LogP) is 6.81. The van der Waals surface area contributed by atoms with E-state index in [0.717, 1.165) is 24.2 Å². The van der Waals surface area contributed by atoms with Crippen LogP contribution in [0.15, 0.2) is 77.8 Å². The van der Waals surface area contributed by atoms with E-state index in [0.29, 0.717) is 42.4 Å². The van der Waals surface area contributed by atoms with E-state index < -0.39 is 11.9 Å². The Morgan fingerprint density at radius 1 is 0.711 bits per heavy atom. The maximum atomic E-state index is 12.5. The smallest absolute Gasteiger partial charge is 0.343 e. The molecule has 0 spiro atoms. The number of esters is 2. The van der Waals surface area contributed by atoms with Crippen LogP contribution in [0.2, 0.25) is 0 Å². The molecule has 3 aromatic carbocycles. The van der Waals surface area contributed by atoms with Crippen LogP contribution in [0.1, 0.15) is 65.8 Å². The monoisotopic (exact) mass is 517 g/mol. The summed E-state index contributed by atoms with van der Waals surface area (Å²) in [6, 6.07) is 20.9. The molecule has 0 aromatic heterocycles. The van der Waals surface area contributed by atoms with Crippen molar-refractivity contribution in [1.82, 2.24) is 0 Å². The van der Waals surface area contributed by atoms with Crippen LogP contribution >= 0.6 is 0 Å². The van der Waals surface area contributed by atoms with E-state index in [1.807, 2.05) is 19.1 Å². The third-order valence-electron chi connectivity index (χ3n) is 5.58. The van der Waals surface area contributed by atoms with Crippen LogP contribution in [0, 0.1) is 0 Å². The molecular formula is C31H35NO6. The molecule has 0 amide bonds. The summed E-state index contributed by atoms with van der Waals surface area (Å²) in [7, 11) is 0. The molecule has 0 unspecified atom stereocenters. The van der Waals surface area contributed by atoms with Gasteiger partial charge in [0, 0.05) is 12.8 Å². The van der Waals surface area contributed by atoms with Crippen LogP contribution in [0.5, 0.6) is 11.5 Å². The molecule has 0 atom stereocenters. The summed E-state index contributed by atoms with van der Waals surface area (Å²) < 4.78 is 21.5. The zero-order valence-electron chi connectivity index (χ0n) is 22.1. The summed E-state index contributed by atoms with van der Waals surface area (Å²) in [6.07, 6.45) is 6.29. The van der Waals surface area contributed by atoms with Gasteiger partial charge in [-0.2, -0.15) is 0 Å². The summed E-state index contributed by atoms with van der Waals surface area (Å²) in [5.41, 5.74) is 2.44. The molecule has 7 heteroatoms. The van der Waals surface area contributed by atoms with Gasteiger partial charge in [0.25, 0.3) is 0 Å². The molecule has 0 heterocycles. The highest BCUT2D eigenvalue weighted by atomic mass is 16.6. The summed E-state index contributed by atoms with van der Waals surface area (Å²) in [6.45, 7) is 5.93. The van der Waals surface area contributed by atoms with Crippen LogP contribution in [0.25, 0.3) is 0 Å². The number of nitrogens with zero attached hydrogens (tertiary/aromatic N) is 1. The highest BCUT2D eigenvalue weighted by molar-refractivity contribution is 5.91. The summed E-state index contributed by atoms with van der Waals surface area (Å²) in [5, 5.41) is 0. The SMILES string of the molecule is CCCCCCOc1ccc(C(=O)Oc2ccc(C=Nc3ccc(C(=O)OCCOCC)cc3)cc2)cc1. The predicted molar refractivity (Wildman–Crippen MR) is 148 cm³/mol. The van der Waals surface area contributed by atoms with Crippen molar-refractivity contribution in [1.29, 1.82) is 0 Å². The lowest BCUT2D eigenvalue weighted by molar-refractivity contribution is 0.0335. The van der Waals surface area contributed by atoms with Crippen molar-refractivity contribution in [2.45, 2.75) is 39.5 Å². The van der Waals surface area contributed by atoms with Gasteiger partial charge in [0.1, 0.15) is 18.1 Å². The third-order valence-corrected chi connectivity index (χ3v) is 5.58. The van der Waals surface area contributed by atoms with E-state index in [1.54, 1.807) is 66.9 Å². The van der Waals surface area contributed by atoms with Gasteiger partial charge in [0.15, 0.2) is 0 Å². The van der Waals surface area contributed by atoms with Crippen LogP contribution in [-0.2, 0) is 9.47 Å². The van der Waals surface area contributed by atoms with Crippen molar-refractivity contribution in [2.75, 3.05) is 26.4 Å². The molecule has 0 aliphatic carbocycles. The molecule has 0 N–H and O–H groups in total. The molecule has 0 fully saturated rings. The Bertz CT molecular complexity index is 1150. The largest absolute Gasteiger partial charge is 0.494 e. The number of carbonyl (C=O) groups excluding carboxylic acids is 2. The highest BCUT2D eigenvalue weighted by Crippen LogP contribution is 2.18. The molecule has 38 heavy (non-hydrogen) atoms. The molecule has 0 saturated carbocycles. The quantitative estimate of drug-likeness (QED) is 0.0953. The van der Waals surface area contributed by atoms with Crippen molar-refractivity contribution in [3.8, 4) is 11.5 Å². The first-order valence-corrected chi connectivity index (χ1v) is 13.0. The van der Waals surface area contributed by atoms with Gasteiger partial charge in [-0.05, 0) is 91.7 Å². The Kier molecular flexibility index (Phi) is 12.0. The summed E-state index contributed by atoms with van der Waals surface area (Å²) >= 11 is 0. The Labute approximate surface area is 224 Å². The number of unbranched alkanes of at least 4 members (excludes halogenated alkanes) is 3. The van der Waals surface area contributed by atoms with Gasteiger partial charge >= 0.3 is 11.9 Å². The second-order valence-corrected chi connectivity index (χ2v) is 8.53. The highest BCUT2D eigenvalue weighted by Gasteiger charge is 2.09. The van der Waals surface area contributed by atoms with Gasteiger partial charge < -0.3 is 18.9 Å². The molecule has 3 aromatic rings. The topological polar surface area (TPSA) is 83.4 Å². The molecule has 200 valence electrons. The lowest BCUT2D eigenvalue weighted by Gasteiger charge is -2.08. The number of ether oxygens (including phenoxy) is 4. The van der Waals surface area contributed by atoms with Crippen molar-refractivity contribution >= 4 is 23.8 Å². The Morgan fingerprint density at radius 3 is 2.05 bits per heavy atom. The zero-order valence-corrected chi connectivity index (χ0v) is 22.1. The molecule has 0 aliphatic rings. The number of rotatable bonds is 15. The molecule has 3 rings (SSSR count). The van der Waals surface area contributed by atoms with Gasteiger partial charge in [-0.15, -0.1) is 0 Å². The number of benzene rings is 3. The minimum Gasteiger partial charge on any atom is -0.494 e. The Hall–Kier alpha value is -3.97. The molecule has 0 bridgehead atoms. The molecule has 7 nitrogen and oxygen atoms in total. The summed E-state index contributed by atoms with van der Waals surface area (Å²) in [5.74, 6) is 0.356. The second-order valence-electron chi connectivity index (χ2n) is 8.53. The number of hydrogen-bond acceptors (Lipinski definition) is 7. The minimum absolute atomic E-state index is 0.221. The van der Waals surface area contributed by atoms with Crippen molar-refractivity contribution in [2.24, 2.45) is 4.99 Å². The Morgan fingerprint density at radius 2 is 1.37 bits per heavy atom. The third kappa shape index (κ3) is 9.82. The fourth-order valence-corrected chi connectivity index (χ4v) is 3.45. The first-order valence-electron chi connectivity index (χ1n) is 13.0. The van der Waals surface area contributed by atoms with Crippen LogP contribution in [0.4, 0.5) is 5.69 Å². The van der Waals surface area contributed by atoms with Crippen molar-refractivity contribution in [3.63, 3.8) is 0 Å². The number of hydrogen-bond donors (Lipinski definition) is 0. The van der Waals surface area contributed by atoms with Crippen LogP contribution < -0.4 is 9.47 Å². The van der Waals surface area contributed by atoms with Gasteiger partial charge in [-0.1, -0.05) is 26.2 Å². The maximum Gasteiger partial charge on any atom is 0.343 e. The van der Waals surface area contributed by atoms with Crippen LogP contribution in [0.3, 0.4) is 0 Å². The standard InChI is InChI=1S/C31H35NO6/c1-3-5-6-7-20-36-28-18-12-26(13-19-28)31(34)38-29-16-8-24(9-17-29)23-32-27-14-10-25(11-15-27)30(33)37-22-21-35-4-2/h8-19,23H,3-7,20-22H2,1-2H3. The van der Waals surface area contributed by atoms with E-state index in [-0.39, 0.29) is 6.61 Å². The van der Waals surface area contributed by atoms with Gasteiger partial charge in [0.05, 0.1) is 30.0 Å². The first kappa shape index (κ1) is 28.6. The van der Waals surface area contributed by atoms with E-state index in [1.165, 1.54) is 12.8 Å².